The van der Waals surface area contributed by atoms with Gasteiger partial charge in [0.05, 0.1) is 0 Å². The summed E-state index contributed by atoms with van der Waals surface area (Å²) in [5.41, 5.74) is 1.11. The minimum atomic E-state index is -0.786. The molecule has 0 aliphatic heterocycles. The number of nitrogens with one attached hydrogen (secondary N) is 1. The number of nitrogens with zero attached hydrogens (tertiary/aromatic N) is 2. The fraction of sp³-hybridized carbons (Fsp3) is 0.200. The van der Waals surface area contributed by atoms with Crippen LogP contribution in [-0.4, -0.2) is 28.2 Å². The summed E-state index contributed by atoms with van der Waals surface area (Å²) in [6, 6.07) is 8.91. The first-order chi connectivity index (χ1) is 10.1. The van der Waals surface area contributed by atoms with Crippen molar-refractivity contribution in [2.45, 2.75) is 13.8 Å². The molecule has 6 nitrogen and oxygen atoms in total. The molecule has 108 valence electrons. The molecule has 0 spiro atoms. The van der Waals surface area contributed by atoms with Crippen LogP contribution in [0.4, 0.5) is 0 Å². The molecule has 2 aromatic rings. The van der Waals surface area contributed by atoms with Gasteiger partial charge in [-0.15, -0.1) is 0 Å². The van der Waals surface area contributed by atoms with Gasteiger partial charge in [0.15, 0.2) is 0 Å². The number of Topliss-reactive ketones (excluding diaryl/α,β-unsaturated/α-hetero) is 1. The maximum Gasteiger partial charge on any atom is 0.295 e. The molecule has 0 unspecified atom stereocenters. The highest BCUT2D eigenvalue weighted by atomic mass is 16.5. The lowest BCUT2D eigenvalue weighted by molar-refractivity contribution is -0.116. The van der Waals surface area contributed by atoms with Crippen molar-refractivity contribution in [1.82, 2.24) is 15.3 Å². The van der Waals surface area contributed by atoms with E-state index >= 15 is 0 Å². The number of likely N-dealkylation sites (N-methyl/N-ethyl adjacent to an activating group) is 1. The maximum absolute atomic E-state index is 11.8. The molecule has 1 heterocycles. The molecule has 0 atom stereocenters. The summed E-state index contributed by atoms with van der Waals surface area (Å²) in [6.07, 6.45) is 1.38. The van der Waals surface area contributed by atoms with Gasteiger partial charge in [0.2, 0.25) is 11.7 Å². The van der Waals surface area contributed by atoms with E-state index in [-0.39, 0.29) is 11.7 Å². The number of rotatable bonds is 5. The van der Waals surface area contributed by atoms with Gasteiger partial charge >= 0.3 is 0 Å². The Morgan fingerprint density at radius 1 is 1.19 bits per heavy atom. The predicted molar refractivity (Wildman–Crippen MR) is 76.3 cm³/mol. The van der Waals surface area contributed by atoms with Crippen LogP contribution in [0.2, 0.25) is 0 Å². The predicted octanol–water partition coefficient (Wildman–Crippen LogP) is 1.90. The van der Waals surface area contributed by atoms with Gasteiger partial charge in [-0.2, -0.15) is 4.98 Å². The highest BCUT2D eigenvalue weighted by molar-refractivity contribution is 6.41. The highest BCUT2D eigenvalue weighted by Crippen LogP contribution is 2.19. The third-order valence-corrected chi connectivity index (χ3v) is 2.62. The standard InChI is InChI=1S/C15H15N3O3/c1-3-16-15(20)13(19)14-17-9-8-12(18-14)21-11-6-4-10(2)5-7-11/h4-9H,3H2,1-2H3,(H,16,20). The van der Waals surface area contributed by atoms with Gasteiger partial charge in [0, 0.05) is 18.8 Å². The smallest absolute Gasteiger partial charge is 0.295 e. The van der Waals surface area contributed by atoms with Crippen LogP contribution in [0.5, 0.6) is 11.6 Å². The summed E-state index contributed by atoms with van der Waals surface area (Å²) in [5.74, 6) is -0.904. The van der Waals surface area contributed by atoms with Crippen LogP contribution in [0.15, 0.2) is 36.5 Å². The molecule has 2 rings (SSSR count). The molecule has 1 aromatic carbocycles. The second kappa shape index (κ2) is 6.60. The third kappa shape index (κ3) is 3.85. The first-order valence-corrected chi connectivity index (χ1v) is 6.50. The Bertz CT molecular complexity index is 653. The molecule has 0 fully saturated rings. The van der Waals surface area contributed by atoms with Crippen LogP contribution < -0.4 is 10.1 Å². The number of hydrogen-bond donors (Lipinski definition) is 1. The van der Waals surface area contributed by atoms with E-state index in [1.807, 2.05) is 19.1 Å². The van der Waals surface area contributed by atoms with Crippen LogP contribution >= 0.6 is 0 Å². The zero-order chi connectivity index (χ0) is 15.2. The zero-order valence-corrected chi connectivity index (χ0v) is 11.8. The second-order valence-electron chi connectivity index (χ2n) is 4.32. The number of benzene rings is 1. The first-order valence-electron chi connectivity index (χ1n) is 6.50. The lowest BCUT2D eigenvalue weighted by Crippen LogP contribution is -2.31. The SMILES string of the molecule is CCNC(=O)C(=O)c1nccc(Oc2ccc(C)cc2)n1. The number of carbonyl (C=O) groups is 2. The van der Waals surface area contributed by atoms with E-state index in [2.05, 4.69) is 15.3 Å². The Kier molecular flexibility index (Phi) is 4.61. The average molecular weight is 285 g/mol. The van der Waals surface area contributed by atoms with Crippen molar-refractivity contribution in [3.05, 3.63) is 47.9 Å². The molecule has 1 aromatic heterocycles. The summed E-state index contributed by atoms with van der Waals surface area (Å²) in [6.45, 7) is 4.06. The highest BCUT2D eigenvalue weighted by Gasteiger charge is 2.19. The minimum Gasteiger partial charge on any atom is -0.439 e. The number of aromatic nitrogens is 2. The molecular formula is C15H15N3O3. The van der Waals surface area contributed by atoms with Gasteiger partial charge in [0.1, 0.15) is 5.75 Å². The van der Waals surface area contributed by atoms with Crippen molar-refractivity contribution >= 4 is 11.7 Å². The van der Waals surface area contributed by atoms with E-state index in [9.17, 15) is 9.59 Å². The van der Waals surface area contributed by atoms with Crippen LogP contribution in [0.25, 0.3) is 0 Å². The molecule has 0 bridgehead atoms. The third-order valence-electron chi connectivity index (χ3n) is 2.62. The first kappa shape index (κ1) is 14.6. The van der Waals surface area contributed by atoms with Crippen molar-refractivity contribution in [3.63, 3.8) is 0 Å². The Morgan fingerprint density at radius 3 is 2.57 bits per heavy atom. The van der Waals surface area contributed by atoms with Crippen LogP contribution in [0.3, 0.4) is 0 Å². The maximum atomic E-state index is 11.8. The average Bonchev–Trinajstić information content (AvgIpc) is 2.49. The molecule has 1 amide bonds. The van der Waals surface area contributed by atoms with Crippen molar-refractivity contribution in [2.75, 3.05) is 6.54 Å². The number of hydrogen-bond acceptors (Lipinski definition) is 5. The molecule has 0 saturated heterocycles. The van der Waals surface area contributed by atoms with Gasteiger partial charge in [-0.05, 0) is 26.0 Å². The second-order valence-corrected chi connectivity index (χ2v) is 4.32. The number of amides is 1. The Balaban J connectivity index is 2.15. The number of aryl methyl sites for hydroxylation is 1. The van der Waals surface area contributed by atoms with Crippen molar-refractivity contribution in [2.24, 2.45) is 0 Å². The lowest BCUT2D eigenvalue weighted by Gasteiger charge is -2.06. The van der Waals surface area contributed by atoms with Crippen molar-refractivity contribution < 1.29 is 14.3 Å². The fourth-order valence-corrected chi connectivity index (χ4v) is 1.58. The molecule has 0 saturated carbocycles. The summed E-state index contributed by atoms with van der Waals surface area (Å²) >= 11 is 0. The van der Waals surface area contributed by atoms with Gasteiger partial charge in [-0.1, -0.05) is 17.7 Å². The largest absolute Gasteiger partial charge is 0.439 e. The van der Waals surface area contributed by atoms with E-state index in [1.54, 1.807) is 19.1 Å². The van der Waals surface area contributed by atoms with Gasteiger partial charge < -0.3 is 10.1 Å². The van der Waals surface area contributed by atoms with Crippen LogP contribution in [-0.2, 0) is 4.79 Å². The summed E-state index contributed by atoms with van der Waals surface area (Å²) in [5, 5.41) is 2.41. The number of ketones is 1. The topological polar surface area (TPSA) is 81.2 Å². The molecule has 1 N–H and O–H groups in total. The Morgan fingerprint density at radius 2 is 1.90 bits per heavy atom. The molecule has 0 aliphatic rings. The van der Waals surface area contributed by atoms with E-state index in [1.165, 1.54) is 12.3 Å². The summed E-state index contributed by atoms with van der Waals surface area (Å²) in [7, 11) is 0. The fourth-order valence-electron chi connectivity index (χ4n) is 1.58. The molecule has 6 heteroatoms. The monoisotopic (exact) mass is 285 g/mol. The van der Waals surface area contributed by atoms with Gasteiger partial charge in [-0.25, -0.2) is 4.98 Å². The number of ether oxygens (including phenoxy) is 1. The van der Waals surface area contributed by atoms with Gasteiger partial charge in [0.25, 0.3) is 11.7 Å². The molecular weight excluding hydrogens is 270 g/mol. The van der Waals surface area contributed by atoms with E-state index in [0.29, 0.717) is 12.3 Å². The van der Waals surface area contributed by atoms with E-state index < -0.39 is 11.7 Å². The lowest BCUT2D eigenvalue weighted by atomic mass is 10.2. The molecule has 0 aliphatic carbocycles. The van der Waals surface area contributed by atoms with Crippen molar-refractivity contribution in [3.8, 4) is 11.6 Å². The quantitative estimate of drug-likeness (QED) is 0.670. The summed E-state index contributed by atoms with van der Waals surface area (Å²) in [4.78, 5) is 31.0. The molecule has 21 heavy (non-hydrogen) atoms. The molecule has 0 radical (unpaired) electrons. The minimum absolute atomic E-state index is 0.189. The number of carbonyl (C=O) groups excluding carboxylic acids is 2. The zero-order valence-electron chi connectivity index (χ0n) is 11.8. The van der Waals surface area contributed by atoms with Gasteiger partial charge in [-0.3, -0.25) is 9.59 Å². The van der Waals surface area contributed by atoms with Crippen LogP contribution in [0, 0.1) is 6.92 Å². The van der Waals surface area contributed by atoms with Crippen molar-refractivity contribution in [1.29, 1.82) is 0 Å². The normalized spacial score (nSPS) is 10.0. The Hall–Kier alpha value is -2.76. The van der Waals surface area contributed by atoms with Crippen LogP contribution in [0.1, 0.15) is 23.1 Å². The van der Waals surface area contributed by atoms with E-state index in [0.717, 1.165) is 5.56 Å². The summed E-state index contributed by atoms with van der Waals surface area (Å²) < 4.78 is 5.53. The Labute approximate surface area is 122 Å². The van der Waals surface area contributed by atoms with E-state index in [4.69, 9.17) is 4.74 Å².